The number of nitrogens with one attached hydrogen (secondary N) is 1. The Hall–Kier alpha value is -1.10. The predicted molar refractivity (Wildman–Crippen MR) is 69.0 cm³/mol. The minimum atomic E-state index is -0.321. The molecule has 1 N–H and O–H groups in total. The number of carbonyl (C=O) groups is 2. The van der Waals surface area contributed by atoms with E-state index in [-0.39, 0.29) is 11.8 Å². The number of rotatable bonds is 0. The van der Waals surface area contributed by atoms with Gasteiger partial charge in [0.2, 0.25) is 0 Å². The van der Waals surface area contributed by atoms with Gasteiger partial charge in [0, 0.05) is 39.3 Å². The van der Waals surface area contributed by atoms with Gasteiger partial charge in [0.25, 0.3) is 0 Å². The Morgan fingerprint density at radius 1 is 0.944 bits per heavy atom. The number of likely N-dealkylation sites (tertiary alicyclic amines) is 1. The van der Waals surface area contributed by atoms with Crippen molar-refractivity contribution in [3.8, 4) is 0 Å². The maximum atomic E-state index is 12.2. The summed E-state index contributed by atoms with van der Waals surface area (Å²) in [5.74, 6) is 0.496. The van der Waals surface area contributed by atoms with Crippen molar-refractivity contribution in [1.82, 2.24) is 15.1 Å². The van der Waals surface area contributed by atoms with Crippen LogP contribution in [0.5, 0.6) is 0 Å². The van der Waals surface area contributed by atoms with Gasteiger partial charge >= 0.3 is 11.8 Å². The summed E-state index contributed by atoms with van der Waals surface area (Å²) in [7, 11) is 0. The fraction of sp³-hybridized carbons (Fsp3) is 0.846. The summed E-state index contributed by atoms with van der Waals surface area (Å²) in [5.41, 5.74) is 0. The highest BCUT2D eigenvalue weighted by Gasteiger charge is 2.32. The SMILES string of the molecule is CC1CCN(C(=O)C(=O)N2CCNCC2)CC1C. The number of carbonyl (C=O) groups excluding carboxylic acids is 2. The molecule has 5 nitrogen and oxygen atoms in total. The van der Waals surface area contributed by atoms with Crippen molar-refractivity contribution in [2.75, 3.05) is 39.3 Å². The first-order chi connectivity index (χ1) is 8.59. The lowest BCUT2D eigenvalue weighted by atomic mass is 9.88. The molecule has 2 rings (SSSR count). The van der Waals surface area contributed by atoms with Crippen molar-refractivity contribution in [1.29, 1.82) is 0 Å². The Balaban J connectivity index is 1.92. The number of hydrogen-bond acceptors (Lipinski definition) is 3. The second-order valence-electron chi connectivity index (χ2n) is 5.54. The van der Waals surface area contributed by atoms with E-state index in [2.05, 4.69) is 19.2 Å². The molecule has 0 bridgehead atoms. The largest absolute Gasteiger partial charge is 0.334 e. The first-order valence-electron chi connectivity index (χ1n) is 6.88. The molecule has 0 saturated carbocycles. The number of hydrogen-bond donors (Lipinski definition) is 1. The lowest BCUT2D eigenvalue weighted by molar-refractivity contribution is -0.153. The Bertz CT molecular complexity index is 326. The van der Waals surface area contributed by atoms with Gasteiger partial charge in [-0.05, 0) is 18.3 Å². The summed E-state index contributed by atoms with van der Waals surface area (Å²) in [4.78, 5) is 27.7. The van der Waals surface area contributed by atoms with Gasteiger partial charge in [0.1, 0.15) is 0 Å². The lowest BCUT2D eigenvalue weighted by Crippen LogP contribution is -2.54. The molecule has 0 aromatic carbocycles. The highest BCUT2D eigenvalue weighted by Crippen LogP contribution is 2.22. The zero-order valence-electron chi connectivity index (χ0n) is 11.3. The predicted octanol–water partition coefficient (Wildman–Crippen LogP) is -0.0773. The van der Waals surface area contributed by atoms with Gasteiger partial charge in [-0.25, -0.2) is 0 Å². The summed E-state index contributed by atoms with van der Waals surface area (Å²) >= 11 is 0. The zero-order chi connectivity index (χ0) is 13.1. The van der Waals surface area contributed by atoms with Gasteiger partial charge in [-0.15, -0.1) is 0 Å². The molecule has 0 aliphatic carbocycles. The molecule has 2 saturated heterocycles. The van der Waals surface area contributed by atoms with Crippen LogP contribution in [0.1, 0.15) is 20.3 Å². The summed E-state index contributed by atoms with van der Waals surface area (Å²) in [6, 6.07) is 0. The molecular weight excluding hydrogens is 230 g/mol. The van der Waals surface area contributed by atoms with E-state index < -0.39 is 0 Å². The molecule has 2 amide bonds. The third kappa shape index (κ3) is 2.83. The van der Waals surface area contributed by atoms with Crippen molar-refractivity contribution in [2.45, 2.75) is 20.3 Å². The van der Waals surface area contributed by atoms with Gasteiger partial charge in [-0.1, -0.05) is 13.8 Å². The maximum absolute atomic E-state index is 12.2. The van der Waals surface area contributed by atoms with E-state index in [4.69, 9.17) is 0 Å². The van der Waals surface area contributed by atoms with Crippen LogP contribution in [-0.2, 0) is 9.59 Å². The van der Waals surface area contributed by atoms with Crippen LogP contribution >= 0.6 is 0 Å². The summed E-state index contributed by atoms with van der Waals surface area (Å²) in [5, 5.41) is 3.18. The van der Waals surface area contributed by atoms with Crippen molar-refractivity contribution < 1.29 is 9.59 Å². The standard InChI is InChI=1S/C13H23N3O2/c1-10-3-6-16(9-11(10)2)13(18)12(17)15-7-4-14-5-8-15/h10-11,14H,3-9H2,1-2H3. The fourth-order valence-electron chi connectivity index (χ4n) is 2.59. The molecule has 2 aliphatic heterocycles. The molecule has 2 heterocycles. The molecule has 5 heteroatoms. The highest BCUT2D eigenvalue weighted by molar-refractivity contribution is 6.34. The second kappa shape index (κ2) is 5.69. The third-order valence-corrected chi connectivity index (χ3v) is 4.21. The molecule has 2 fully saturated rings. The first kappa shape index (κ1) is 13.3. The van der Waals surface area contributed by atoms with Crippen LogP contribution < -0.4 is 5.32 Å². The smallest absolute Gasteiger partial charge is 0.312 e. The average molecular weight is 253 g/mol. The molecule has 0 aromatic heterocycles. The van der Waals surface area contributed by atoms with E-state index in [1.807, 2.05) is 0 Å². The Morgan fingerprint density at radius 3 is 2.17 bits per heavy atom. The second-order valence-corrected chi connectivity index (χ2v) is 5.54. The van der Waals surface area contributed by atoms with Crippen LogP contribution in [0.4, 0.5) is 0 Å². The van der Waals surface area contributed by atoms with Crippen LogP contribution in [0.2, 0.25) is 0 Å². The Morgan fingerprint density at radius 2 is 1.56 bits per heavy atom. The van der Waals surface area contributed by atoms with Crippen molar-refractivity contribution in [2.24, 2.45) is 11.8 Å². The first-order valence-corrected chi connectivity index (χ1v) is 6.88. The lowest BCUT2D eigenvalue weighted by Gasteiger charge is -2.36. The zero-order valence-corrected chi connectivity index (χ0v) is 11.3. The van der Waals surface area contributed by atoms with Gasteiger partial charge in [0.15, 0.2) is 0 Å². The van der Waals surface area contributed by atoms with E-state index in [0.717, 1.165) is 32.6 Å². The van der Waals surface area contributed by atoms with Crippen LogP contribution in [-0.4, -0.2) is 60.9 Å². The normalized spacial score (nSPS) is 29.2. The van der Waals surface area contributed by atoms with Crippen LogP contribution in [0.3, 0.4) is 0 Å². The van der Waals surface area contributed by atoms with Gasteiger partial charge in [0.05, 0.1) is 0 Å². The number of piperazine rings is 1. The van der Waals surface area contributed by atoms with Gasteiger partial charge < -0.3 is 15.1 Å². The molecule has 18 heavy (non-hydrogen) atoms. The quantitative estimate of drug-likeness (QED) is 0.615. The monoisotopic (exact) mass is 253 g/mol. The molecule has 2 aliphatic rings. The summed E-state index contributed by atoms with van der Waals surface area (Å²) in [6.45, 7) is 8.66. The third-order valence-electron chi connectivity index (χ3n) is 4.21. The van der Waals surface area contributed by atoms with E-state index in [1.54, 1.807) is 9.80 Å². The van der Waals surface area contributed by atoms with Crippen molar-refractivity contribution in [3.63, 3.8) is 0 Å². The highest BCUT2D eigenvalue weighted by atomic mass is 16.2. The van der Waals surface area contributed by atoms with E-state index in [1.165, 1.54) is 0 Å². The van der Waals surface area contributed by atoms with Crippen LogP contribution in [0.15, 0.2) is 0 Å². The number of piperidine rings is 1. The van der Waals surface area contributed by atoms with Crippen LogP contribution in [0.25, 0.3) is 0 Å². The van der Waals surface area contributed by atoms with E-state index >= 15 is 0 Å². The van der Waals surface area contributed by atoms with E-state index in [0.29, 0.717) is 24.9 Å². The summed E-state index contributed by atoms with van der Waals surface area (Å²) in [6.07, 6.45) is 1.00. The molecule has 0 radical (unpaired) electrons. The van der Waals surface area contributed by atoms with Gasteiger partial charge in [-0.3, -0.25) is 9.59 Å². The Kier molecular flexibility index (Phi) is 4.22. The van der Waals surface area contributed by atoms with E-state index in [9.17, 15) is 9.59 Å². The molecule has 0 spiro atoms. The molecule has 2 atom stereocenters. The minimum Gasteiger partial charge on any atom is -0.334 e. The van der Waals surface area contributed by atoms with Crippen molar-refractivity contribution in [3.05, 3.63) is 0 Å². The van der Waals surface area contributed by atoms with Gasteiger partial charge in [-0.2, -0.15) is 0 Å². The Labute approximate surface area is 108 Å². The maximum Gasteiger partial charge on any atom is 0.312 e. The van der Waals surface area contributed by atoms with Crippen molar-refractivity contribution >= 4 is 11.8 Å². The average Bonchev–Trinajstić information content (AvgIpc) is 2.41. The number of nitrogens with zero attached hydrogens (tertiary/aromatic N) is 2. The molecule has 0 aromatic rings. The minimum absolute atomic E-state index is 0.310. The summed E-state index contributed by atoms with van der Waals surface area (Å²) < 4.78 is 0. The number of amides is 2. The molecular formula is C13H23N3O2. The topological polar surface area (TPSA) is 52.7 Å². The fourth-order valence-corrected chi connectivity index (χ4v) is 2.59. The molecule has 102 valence electrons. The van der Waals surface area contributed by atoms with Crippen LogP contribution in [0, 0.1) is 11.8 Å². The molecule has 2 unspecified atom stereocenters.